The largest absolute Gasteiger partial charge is 0.455 e. The van der Waals surface area contributed by atoms with E-state index in [2.05, 4.69) is 18.5 Å². The quantitative estimate of drug-likeness (QED) is 0.189. The number of aryl methyl sites for hydroxylation is 2. The van der Waals surface area contributed by atoms with E-state index in [0.717, 1.165) is 16.8 Å². The standard InChI is InChI=1S/C39H49N3O8/c1-6-8-18-30(44)40-28(24-48-5)34(27-16-10-9-11-17-27)49-38(47)31-29-19-20-39(50-29)32(31)36(45)42(22-13-23-43)35(39)37(46)41(21-7-2)33-25(3)14-12-15-26(33)4/h6-7,9-12,14-17,28-29,31-32,34-35,43H,1-2,8,13,18-24H2,3-5H3,(H,40,44)/t28-,29-,31+,32+,34-,35-,39+/m1/s1. The Bertz CT molecular complexity index is 1560. The van der Waals surface area contributed by atoms with Crippen LogP contribution in [-0.4, -0.2) is 90.9 Å². The summed E-state index contributed by atoms with van der Waals surface area (Å²) in [5.41, 5.74) is 1.91. The van der Waals surface area contributed by atoms with Gasteiger partial charge in [-0.1, -0.05) is 60.7 Å². The Balaban J connectivity index is 1.50. The average molecular weight is 688 g/mol. The van der Waals surface area contributed by atoms with E-state index < -0.39 is 47.7 Å². The summed E-state index contributed by atoms with van der Waals surface area (Å²) in [4.78, 5) is 59.7. The number of nitrogens with zero attached hydrogens (tertiary/aromatic N) is 2. The van der Waals surface area contributed by atoms with E-state index in [1.807, 2.05) is 62.4 Å². The number of esters is 1. The number of fused-ring (bicyclic) bond motifs is 1. The second-order valence-corrected chi connectivity index (χ2v) is 13.4. The van der Waals surface area contributed by atoms with Gasteiger partial charge in [-0.05, 0) is 56.2 Å². The van der Waals surface area contributed by atoms with Crippen molar-refractivity contribution in [3.63, 3.8) is 0 Å². The SMILES string of the molecule is C=CCCC(=O)N[C@H](COC)[C@H](OC(=O)[C@@H]1[C@H]2C(=O)N(CCCO)[C@H](C(=O)N(CC=C)c3c(C)cccc3C)[C@]23CC[C@H]1O3)c1ccccc1. The molecular weight excluding hydrogens is 638 g/mol. The average Bonchev–Trinajstić information content (AvgIpc) is 3.75. The number of aliphatic hydroxyl groups excluding tert-OH is 1. The van der Waals surface area contributed by atoms with E-state index in [4.69, 9.17) is 14.2 Å². The van der Waals surface area contributed by atoms with Gasteiger partial charge in [-0.25, -0.2) is 0 Å². The summed E-state index contributed by atoms with van der Waals surface area (Å²) in [7, 11) is 1.50. The predicted molar refractivity (Wildman–Crippen MR) is 188 cm³/mol. The maximum Gasteiger partial charge on any atom is 0.313 e. The minimum absolute atomic E-state index is 0.0620. The molecule has 0 saturated carbocycles. The van der Waals surface area contributed by atoms with Crippen molar-refractivity contribution in [2.45, 2.75) is 75.8 Å². The smallest absolute Gasteiger partial charge is 0.313 e. The molecule has 2 aromatic rings. The molecule has 0 radical (unpaired) electrons. The fraction of sp³-hybridized carbons (Fsp3) is 0.487. The lowest BCUT2D eigenvalue weighted by atomic mass is 9.70. The lowest BCUT2D eigenvalue weighted by Gasteiger charge is -2.37. The van der Waals surface area contributed by atoms with Gasteiger partial charge < -0.3 is 34.4 Å². The highest BCUT2D eigenvalue weighted by Gasteiger charge is 2.75. The van der Waals surface area contributed by atoms with E-state index in [1.54, 1.807) is 17.1 Å². The zero-order chi connectivity index (χ0) is 36.0. The lowest BCUT2D eigenvalue weighted by molar-refractivity contribution is -0.163. The van der Waals surface area contributed by atoms with Crippen molar-refractivity contribution in [1.82, 2.24) is 10.2 Å². The molecule has 5 rings (SSSR count). The fourth-order valence-electron chi connectivity index (χ4n) is 8.11. The summed E-state index contributed by atoms with van der Waals surface area (Å²) in [5, 5.41) is 12.7. The van der Waals surface area contributed by atoms with Crippen LogP contribution in [0.4, 0.5) is 5.69 Å². The third-order valence-electron chi connectivity index (χ3n) is 10.2. The summed E-state index contributed by atoms with van der Waals surface area (Å²) in [6.07, 6.45) is 3.55. The topological polar surface area (TPSA) is 135 Å². The van der Waals surface area contributed by atoms with Crippen molar-refractivity contribution in [2.24, 2.45) is 11.8 Å². The van der Waals surface area contributed by atoms with E-state index in [0.29, 0.717) is 24.8 Å². The number of ether oxygens (including phenoxy) is 3. The van der Waals surface area contributed by atoms with Crippen molar-refractivity contribution in [3.8, 4) is 0 Å². The molecule has 11 nitrogen and oxygen atoms in total. The highest BCUT2D eigenvalue weighted by atomic mass is 16.6. The number of nitrogens with one attached hydrogen (secondary N) is 1. The number of anilines is 1. The molecular formula is C39H49N3O8. The van der Waals surface area contributed by atoms with Gasteiger partial charge in [0.2, 0.25) is 11.8 Å². The fourth-order valence-corrected chi connectivity index (χ4v) is 8.11. The monoisotopic (exact) mass is 687 g/mol. The number of likely N-dealkylation sites (tertiary alicyclic amines) is 1. The molecule has 3 aliphatic heterocycles. The van der Waals surface area contributed by atoms with Gasteiger partial charge in [0.15, 0.2) is 0 Å². The molecule has 3 amide bonds. The number of carbonyl (C=O) groups excluding carboxylic acids is 4. The molecule has 7 atom stereocenters. The second-order valence-electron chi connectivity index (χ2n) is 13.4. The van der Waals surface area contributed by atoms with Gasteiger partial charge in [0, 0.05) is 38.9 Å². The molecule has 11 heteroatoms. The second kappa shape index (κ2) is 16.1. The zero-order valence-electron chi connectivity index (χ0n) is 29.2. The first-order valence-electron chi connectivity index (χ1n) is 17.4. The predicted octanol–water partition coefficient (Wildman–Crippen LogP) is 3.96. The first-order chi connectivity index (χ1) is 24.1. The molecule has 2 bridgehead atoms. The van der Waals surface area contributed by atoms with Gasteiger partial charge in [0.05, 0.1) is 30.6 Å². The van der Waals surface area contributed by atoms with Crippen molar-refractivity contribution in [2.75, 3.05) is 38.3 Å². The number of allylic oxidation sites excluding steroid dienone is 1. The minimum Gasteiger partial charge on any atom is -0.455 e. The summed E-state index contributed by atoms with van der Waals surface area (Å²) >= 11 is 0. The summed E-state index contributed by atoms with van der Waals surface area (Å²) < 4.78 is 18.4. The molecule has 268 valence electrons. The number of para-hydroxylation sites is 1. The Morgan fingerprint density at radius 2 is 1.84 bits per heavy atom. The summed E-state index contributed by atoms with van der Waals surface area (Å²) in [6, 6.07) is 13.1. The highest BCUT2D eigenvalue weighted by Crippen LogP contribution is 2.59. The number of rotatable bonds is 17. The van der Waals surface area contributed by atoms with Gasteiger partial charge in [0.25, 0.3) is 5.91 Å². The molecule has 3 aliphatic rings. The maximum absolute atomic E-state index is 14.8. The van der Waals surface area contributed by atoms with Crippen LogP contribution >= 0.6 is 0 Å². The molecule has 50 heavy (non-hydrogen) atoms. The first-order valence-corrected chi connectivity index (χ1v) is 17.4. The van der Waals surface area contributed by atoms with Crippen LogP contribution in [0.1, 0.15) is 54.9 Å². The van der Waals surface area contributed by atoms with Crippen LogP contribution < -0.4 is 10.2 Å². The molecule has 0 unspecified atom stereocenters. The van der Waals surface area contributed by atoms with E-state index in [-0.39, 0.29) is 56.9 Å². The molecule has 2 aromatic carbocycles. The van der Waals surface area contributed by atoms with Crippen LogP contribution in [0.2, 0.25) is 0 Å². The van der Waals surface area contributed by atoms with Crippen molar-refractivity contribution in [1.29, 1.82) is 0 Å². The van der Waals surface area contributed by atoms with E-state index in [9.17, 15) is 24.3 Å². The van der Waals surface area contributed by atoms with Gasteiger partial charge in [-0.3, -0.25) is 19.2 Å². The molecule has 0 aromatic heterocycles. The third-order valence-corrected chi connectivity index (χ3v) is 10.2. The van der Waals surface area contributed by atoms with Crippen LogP contribution in [-0.2, 0) is 33.4 Å². The Kier molecular flexibility index (Phi) is 11.9. The van der Waals surface area contributed by atoms with Gasteiger partial charge >= 0.3 is 5.97 Å². The Morgan fingerprint density at radius 1 is 1.12 bits per heavy atom. The normalized spacial score (nSPS) is 24.7. The number of aliphatic hydroxyl groups is 1. The van der Waals surface area contributed by atoms with Crippen molar-refractivity contribution >= 4 is 29.4 Å². The highest BCUT2D eigenvalue weighted by molar-refractivity contribution is 6.05. The minimum atomic E-state index is -1.26. The van der Waals surface area contributed by atoms with Crippen LogP contribution in [0.3, 0.4) is 0 Å². The van der Waals surface area contributed by atoms with E-state index >= 15 is 0 Å². The summed E-state index contributed by atoms with van der Waals surface area (Å²) in [5.74, 6) is -3.53. The third kappa shape index (κ3) is 6.99. The molecule has 1 spiro atoms. The molecule has 3 fully saturated rings. The summed E-state index contributed by atoms with van der Waals surface area (Å²) in [6.45, 7) is 11.7. The van der Waals surface area contributed by atoms with Crippen molar-refractivity contribution in [3.05, 3.63) is 90.5 Å². The number of hydrogen-bond acceptors (Lipinski definition) is 8. The Labute approximate surface area is 294 Å². The maximum atomic E-state index is 14.8. The van der Waals surface area contributed by atoms with Gasteiger partial charge in [-0.15, -0.1) is 13.2 Å². The van der Waals surface area contributed by atoms with Crippen LogP contribution in [0.15, 0.2) is 73.8 Å². The van der Waals surface area contributed by atoms with Crippen LogP contribution in [0, 0.1) is 25.7 Å². The number of benzene rings is 2. The van der Waals surface area contributed by atoms with Crippen LogP contribution in [0.5, 0.6) is 0 Å². The first kappa shape index (κ1) is 36.9. The van der Waals surface area contributed by atoms with Crippen molar-refractivity contribution < 1.29 is 38.5 Å². The van der Waals surface area contributed by atoms with E-state index in [1.165, 1.54) is 12.0 Å². The van der Waals surface area contributed by atoms with Gasteiger partial charge in [-0.2, -0.15) is 0 Å². The van der Waals surface area contributed by atoms with Gasteiger partial charge in [0.1, 0.15) is 17.7 Å². The zero-order valence-corrected chi connectivity index (χ0v) is 29.2. The molecule has 0 aliphatic carbocycles. The van der Waals surface area contributed by atoms with Crippen LogP contribution in [0.25, 0.3) is 0 Å². The Morgan fingerprint density at radius 3 is 2.48 bits per heavy atom. The molecule has 3 saturated heterocycles. The Hall–Kier alpha value is -4.32. The number of methoxy groups -OCH3 is 1. The number of carbonyl (C=O) groups is 4. The number of amides is 3. The molecule has 2 N–H and O–H groups in total. The number of hydrogen-bond donors (Lipinski definition) is 2. The lowest BCUT2D eigenvalue weighted by Crippen LogP contribution is -2.56. The molecule has 3 heterocycles.